The first-order valence-corrected chi connectivity index (χ1v) is 9.78. The van der Waals surface area contributed by atoms with E-state index in [1.807, 2.05) is 39.1 Å². The molecule has 5 heteroatoms. The second kappa shape index (κ2) is 10.5. The smallest absolute Gasteiger partial charge is 0.356 e. The summed E-state index contributed by atoms with van der Waals surface area (Å²) in [5.41, 5.74) is 2.36. The molecule has 0 aromatic heterocycles. The Hall–Kier alpha value is -1.27. The summed E-state index contributed by atoms with van der Waals surface area (Å²) in [5, 5.41) is 4.24. The SMILES string of the molecule is C=C(C)C(=O)c1cccc([SiH](OCC)OCC)c1CCCNC. The second-order valence-corrected chi connectivity index (χ2v) is 7.39. The van der Waals surface area contributed by atoms with E-state index in [2.05, 4.69) is 11.9 Å². The lowest BCUT2D eigenvalue weighted by atomic mass is 9.96. The van der Waals surface area contributed by atoms with Gasteiger partial charge in [-0.15, -0.1) is 0 Å². The Labute approximate surface area is 141 Å². The Balaban J connectivity index is 3.27. The van der Waals surface area contributed by atoms with Gasteiger partial charge in [-0.2, -0.15) is 0 Å². The van der Waals surface area contributed by atoms with E-state index in [0.29, 0.717) is 18.8 Å². The third-order valence-electron chi connectivity index (χ3n) is 3.59. The van der Waals surface area contributed by atoms with E-state index in [4.69, 9.17) is 8.85 Å². The van der Waals surface area contributed by atoms with Crippen molar-refractivity contribution in [1.82, 2.24) is 5.32 Å². The van der Waals surface area contributed by atoms with Crippen molar-refractivity contribution in [2.75, 3.05) is 26.8 Å². The molecule has 0 aliphatic heterocycles. The van der Waals surface area contributed by atoms with Crippen molar-refractivity contribution in [3.05, 3.63) is 41.5 Å². The van der Waals surface area contributed by atoms with Crippen LogP contribution in [0.3, 0.4) is 0 Å². The predicted molar refractivity (Wildman–Crippen MR) is 97.9 cm³/mol. The van der Waals surface area contributed by atoms with E-state index in [0.717, 1.165) is 35.7 Å². The van der Waals surface area contributed by atoms with E-state index in [9.17, 15) is 4.79 Å². The van der Waals surface area contributed by atoms with Crippen LogP contribution in [0.1, 0.15) is 43.1 Å². The van der Waals surface area contributed by atoms with E-state index < -0.39 is 9.28 Å². The lowest BCUT2D eigenvalue weighted by molar-refractivity contribution is 0.103. The van der Waals surface area contributed by atoms with Crippen LogP contribution in [-0.2, 0) is 15.3 Å². The van der Waals surface area contributed by atoms with Gasteiger partial charge in [-0.05, 0) is 63.5 Å². The van der Waals surface area contributed by atoms with Crippen LogP contribution in [0.5, 0.6) is 0 Å². The number of ketones is 1. The molecule has 4 nitrogen and oxygen atoms in total. The maximum absolute atomic E-state index is 12.5. The summed E-state index contributed by atoms with van der Waals surface area (Å²) in [4.78, 5) is 12.5. The van der Waals surface area contributed by atoms with Crippen LogP contribution in [0.15, 0.2) is 30.4 Å². The summed E-state index contributed by atoms with van der Waals surface area (Å²) >= 11 is 0. The summed E-state index contributed by atoms with van der Waals surface area (Å²) in [6.45, 7) is 11.6. The number of Topliss-reactive ketones (excluding diaryl/α,β-unsaturated/α-hetero) is 1. The van der Waals surface area contributed by atoms with Gasteiger partial charge in [0.2, 0.25) is 0 Å². The average Bonchev–Trinajstić information content (AvgIpc) is 2.54. The molecule has 1 aromatic carbocycles. The average molecular weight is 336 g/mol. The number of nitrogens with one attached hydrogen (secondary N) is 1. The fraction of sp³-hybridized carbons (Fsp3) is 0.500. The molecule has 1 rings (SSSR count). The Kier molecular flexibility index (Phi) is 9.02. The first-order valence-electron chi connectivity index (χ1n) is 8.26. The Morgan fingerprint density at radius 3 is 2.43 bits per heavy atom. The summed E-state index contributed by atoms with van der Waals surface area (Å²) < 4.78 is 11.8. The van der Waals surface area contributed by atoms with Gasteiger partial charge < -0.3 is 14.2 Å². The molecule has 0 bridgehead atoms. The maximum Gasteiger partial charge on any atom is 0.356 e. The molecule has 0 radical (unpaired) electrons. The lowest BCUT2D eigenvalue weighted by Gasteiger charge is -2.20. The van der Waals surface area contributed by atoms with Crippen molar-refractivity contribution >= 4 is 20.3 Å². The third-order valence-corrected chi connectivity index (χ3v) is 5.91. The molecule has 0 aliphatic carbocycles. The van der Waals surface area contributed by atoms with Crippen LogP contribution >= 0.6 is 0 Å². The van der Waals surface area contributed by atoms with Crippen molar-refractivity contribution in [3.63, 3.8) is 0 Å². The van der Waals surface area contributed by atoms with Crippen LogP contribution in [0.4, 0.5) is 0 Å². The standard InChI is InChI=1S/C18H29NO3Si/c1-6-21-23(22-7-2)17-12-8-10-16(18(20)14(3)4)15(17)11-9-13-19-5/h8,10,12,19,23H,3,6-7,9,11,13H2,1-2,4-5H3. The number of carbonyl (C=O) groups excluding carboxylic acids is 1. The highest BCUT2D eigenvalue weighted by Gasteiger charge is 2.23. The van der Waals surface area contributed by atoms with Gasteiger partial charge in [0, 0.05) is 18.8 Å². The van der Waals surface area contributed by atoms with Gasteiger partial charge in [0.05, 0.1) is 0 Å². The van der Waals surface area contributed by atoms with Crippen molar-refractivity contribution in [1.29, 1.82) is 0 Å². The minimum absolute atomic E-state index is 0.00653. The van der Waals surface area contributed by atoms with Gasteiger partial charge in [0.15, 0.2) is 5.78 Å². The first kappa shape index (κ1) is 19.8. The molecule has 0 fully saturated rings. The second-order valence-electron chi connectivity index (χ2n) is 5.43. The van der Waals surface area contributed by atoms with Crippen LogP contribution < -0.4 is 10.5 Å². The van der Waals surface area contributed by atoms with E-state index in [1.165, 1.54) is 0 Å². The largest absolute Gasteiger partial charge is 0.394 e. The highest BCUT2D eigenvalue weighted by molar-refractivity contribution is 6.62. The molecule has 0 saturated carbocycles. The number of rotatable bonds is 11. The number of allylic oxidation sites excluding steroid dienone is 1. The van der Waals surface area contributed by atoms with E-state index in [1.54, 1.807) is 6.92 Å². The Bertz CT molecular complexity index is 525. The van der Waals surface area contributed by atoms with Gasteiger partial charge in [-0.3, -0.25) is 4.79 Å². The van der Waals surface area contributed by atoms with Gasteiger partial charge in [0.1, 0.15) is 0 Å². The Morgan fingerprint density at radius 1 is 1.26 bits per heavy atom. The molecule has 1 N–H and O–H groups in total. The topological polar surface area (TPSA) is 47.6 Å². The number of hydrogen-bond donors (Lipinski definition) is 1. The van der Waals surface area contributed by atoms with Crippen molar-refractivity contribution in [2.45, 2.75) is 33.6 Å². The number of benzene rings is 1. The van der Waals surface area contributed by atoms with Gasteiger partial charge in [0.25, 0.3) is 0 Å². The van der Waals surface area contributed by atoms with Gasteiger partial charge >= 0.3 is 9.28 Å². The highest BCUT2D eigenvalue weighted by Crippen LogP contribution is 2.15. The summed E-state index contributed by atoms with van der Waals surface area (Å²) in [5.74, 6) is 0.00653. The van der Waals surface area contributed by atoms with Crippen molar-refractivity contribution in [3.8, 4) is 0 Å². The minimum atomic E-state index is -1.99. The molecule has 0 atom stereocenters. The highest BCUT2D eigenvalue weighted by atomic mass is 28.3. The quantitative estimate of drug-likeness (QED) is 0.291. The van der Waals surface area contributed by atoms with Crippen LogP contribution in [0.25, 0.3) is 0 Å². The first-order chi connectivity index (χ1) is 11.1. The molecule has 0 aliphatic rings. The molecule has 0 spiro atoms. The summed E-state index contributed by atoms with van der Waals surface area (Å²) in [7, 11) is -0.0516. The molecule has 128 valence electrons. The molecule has 0 heterocycles. The van der Waals surface area contributed by atoms with Crippen LogP contribution in [-0.4, -0.2) is 41.9 Å². The third kappa shape index (κ3) is 5.69. The Morgan fingerprint density at radius 2 is 1.91 bits per heavy atom. The van der Waals surface area contributed by atoms with Crippen molar-refractivity contribution < 1.29 is 13.6 Å². The van der Waals surface area contributed by atoms with E-state index >= 15 is 0 Å². The monoisotopic (exact) mass is 335 g/mol. The molecule has 1 aromatic rings. The zero-order chi connectivity index (χ0) is 17.2. The van der Waals surface area contributed by atoms with Crippen LogP contribution in [0.2, 0.25) is 0 Å². The predicted octanol–water partition coefficient (Wildman–Crippen LogP) is 2.10. The molecule has 0 amide bonds. The van der Waals surface area contributed by atoms with Gasteiger partial charge in [-0.1, -0.05) is 24.8 Å². The number of carbonyl (C=O) groups is 1. The van der Waals surface area contributed by atoms with E-state index in [-0.39, 0.29) is 5.78 Å². The summed E-state index contributed by atoms with van der Waals surface area (Å²) in [6.07, 6.45) is 1.79. The molecular weight excluding hydrogens is 306 g/mol. The fourth-order valence-electron chi connectivity index (χ4n) is 2.52. The van der Waals surface area contributed by atoms with Gasteiger partial charge in [-0.25, -0.2) is 0 Å². The molecule has 23 heavy (non-hydrogen) atoms. The lowest BCUT2D eigenvalue weighted by Crippen LogP contribution is -2.40. The molecule has 0 unspecified atom stereocenters. The number of hydrogen-bond acceptors (Lipinski definition) is 4. The summed E-state index contributed by atoms with van der Waals surface area (Å²) in [6, 6.07) is 5.86. The fourth-order valence-corrected chi connectivity index (χ4v) is 4.43. The maximum atomic E-state index is 12.5. The molecular formula is C18H29NO3Si. The molecule has 0 saturated heterocycles. The van der Waals surface area contributed by atoms with Crippen molar-refractivity contribution in [2.24, 2.45) is 0 Å². The van der Waals surface area contributed by atoms with Crippen LogP contribution in [0, 0.1) is 0 Å². The minimum Gasteiger partial charge on any atom is -0.394 e. The zero-order valence-electron chi connectivity index (χ0n) is 14.8. The zero-order valence-corrected chi connectivity index (χ0v) is 15.9. The normalized spacial score (nSPS) is 11.0.